The van der Waals surface area contributed by atoms with E-state index in [2.05, 4.69) is 13.8 Å². The number of hydrogen-bond acceptors (Lipinski definition) is 8. The van der Waals surface area contributed by atoms with Crippen LogP contribution in [0.5, 0.6) is 28.7 Å². The molecule has 234 valence electrons. The molecule has 1 N–H and O–H groups in total. The number of rotatable bonds is 19. The topological polar surface area (TPSA) is 101 Å². The van der Waals surface area contributed by atoms with Crippen LogP contribution in [0.25, 0.3) is 0 Å². The molecule has 8 radical (unpaired) electrons. The molecule has 45 heavy (non-hydrogen) atoms. The van der Waals surface area contributed by atoms with Gasteiger partial charge in [0.1, 0.15) is 54.7 Å². The lowest BCUT2D eigenvalue weighted by Crippen LogP contribution is -2.31. The molecule has 0 amide bonds. The number of benzene rings is 2. The van der Waals surface area contributed by atoms with Crippen LogP contribution in [0.3, 0.4) is 0 Å². The minimum atomic E-state index is -1.16. The van der Waals surface area contributed by atoms with Crippen LogP contribution in [0, 0.1) is 0 Å². The number of unbranched alkanes of at least 4 members (excludes halogenated alkanes) is 8. The normalized spacial score (nSPS) is 15.8. The van der Waals surface area contributed by atoms with Gasteiger partial charge < -0.3 is 28.8 Å². The van der Waals surface area contributed by atoms with E-state index >= 15 is 0 Å². The van der Waals surface area contributed by atoms with Gasteiger partial charge in [-0.15, -0.1) is 0 Å². The number of fused-ring (bicyclic) bond motifs is 1. The third kappa shape index (κ3) is 12.0. The summed E-state index contributed by atoms with van der Waals surface area (Å²) < 4.78 is 28.6. The molecule has 0 aromatic heterocycles. The zero-order valence-corrected chi connectivity index (χ0v) is 26.5. The van der Waals surface area contributed by atoms with Crippen molar-refractivity contribution >= 4 is 43.3 Å². The Bertz CT molecular complexity index is 1240. The smallest absolute Gasteiger partial charge is 0.311 e. The van der Waals surface area contributed by atoms with Crippen LogP contribution >= 0.6 is 0 Å². The molecular formula is C33H42B4O8. The molecule has 8 nitrogen and oxygen atoms in total. The predicted octanol–water partition coefficient (Wildman–Crippen LogP) is 5.25. The van der Waals surface area contributed by atoms with Gasteiger partial charge in [-0.05, 0) is 30.5 Å². The van der Waals surface area contributed by atoms with E-state index in [4.69, 9.17) is 55.1 Å². The highest BCUT2D eigenvalue weighted by Gasteiger charge is 2.34. The SMILES string of the molecule is [B]C([B])Oc1ccc([C@@H]2Oc3cc(OC(=O)CCCCCCC)cc(OC(=O)CCCCCCC)c3C[C@@H]2O)cc1OC([B])[B]. The second kappa shape index (κ2) is 18.8. The van der Waals surface area contributed by atoms with Gasteiger partial charge >= 0.3 is 11.9 Å². The van der Waals surface area contributed by atoms with Crippen molar-refractivity contribution in [1.29, 1.82) is 0 Å². The first-order valence-corrected chi connectivity index (χ1v) is 16.0. The summed E-state index contributed by atoms with van der Waals surface area (Å²) in [6.45, 7) is 4.27. The Hall–Kier alpha value is -3.00. The van der Waals surface area contributed by atoms with Crippen molar-refractivity contribution in [2.24, 2.45) is 0 Å². The summed E-state index contributed by atoms with van der Waals surface area (Å²) >= 11 is 0. The number of esters is 2. The maximum atomic E-state index is 12.8. The Kier molecular flexibility index (Phi) is 15.3. The van der Waals surface area contributed by atoms with Crippen molar-refractivity contribution in [3.63, 3.8) is 0 Å². The van der Waals surface area contributed by atoms with Crippen molar-refractivity contribution < 1.29 is 38.4 Å². The lowest BCUT2D eigenvalue weighted by atomic mass is 9.81. The van der Waals surface area contributed by atoms with E-state index in [1.807, 2.05) is 0 Å². The molecule has 1 aliphatic heterocycles. The lowest BCUT2D eigenvalue weighted by molar-refractivity contribution is -0.135. The molecule has 1 aliphatic rings. The molecule has 2 atom stereocenters. The Morgan fingerprint density at radius 2 is 1.36 bits per heavy atom. The van der Waals surface area contributed by atoms with Gasteiger partial charge in [0.25, 0.3) is 0 Å². The van der Waals surface area contributed by atoms with Crippen LogP contribution in [-0.2, 0) is 16.0 Å². The number of ether oxygens (including phenoxy) is 5. The summed E-state index contributed by atoms with van der Waals surface area (Å²) in [6, 6.07) is 7.86. The first-order chi connectivity index (χ1) is 21.6. The van der Waals surface area contributed by atoms with E-state index in [1.165, 1.54) is 6.07 Å². The summed E-state index contributed by atoms with van der Waals surface area (Å²) in [5, 5.41) is 11.2. The minimum absolute atomic E-state index is 0.100. The maximum Gasteiger partial charge on any atom is 0.311 e. The average molecular weight is 610 g/mol. The molecule has 0 spiro atoms. The molecule has 0 saturated carbocycles. The highest BCUT2D eigenvalue weighted by molar-refractivity contribution is 6.35. The number of carbonyl (C=O) groups is 2. The molecule has 0 fully saturated rings. The molecule has 2 aromatic rings. The van der Waals surface area contributed by atoms with Gasteiger partial charge in [0.15, 0.2) is 11.5 Å². The van der Waals surface area contributed by atoms with E-state index < -0.39 is 30.0 Å². The lowest BCUT2D eigenvalue weighted by Gasteiger charge is -2.32. The molecule has 3 rings (SSSR count). The summed E-state index contributed by atoms with van der Waals surface area (Å²) in [5.41, 5.74) is 1.01. The van der Waals surface area contributed by atoms with Gasteiger partial charge in [-0.3, -0.25) is 9.59 Å². The number of aliphatic hydroxyl groups is 1. The predicted molar refractivity (Wildman–Crippen MR) is 176 cm³/mol. The largest absolute Gasteiger partial charge is 0.506 e. The van der Waals surface area contributed by atoms with Gasteiger partial charge in [0, 0.05) is 48.8 Å². The van der Waals surface area contributed by atoms with E-state index in [1.54, 1.807) is 24.3 Å². The van der Waals surface area contributed by atoms with E-state index in [9.17, 15) is 14.7 Å². The molecule has 12 heteroatoms. The fourth-order valence-corrected chi connectivity index (χ4v) is 5.16. The van der Waals surface area contributed by atoms with E-state index in [-0.39, 0.29) is 48.2 Å². The second-order valence-electron chi connectivity index (χ2n) is 11.4. The summed E-state index contributed by atoms with van der Waals surface area (Å²) in [6.07, 6.45) is 8.60. The molecule has 2 aromatic carbocycles. The average Bonchev–Trinajstić information content (AvgIpc) is 2.97. The van der Waals surface area contributed by atoms with Crippen LogP contribution < -0.4 is 23.7 Å². The molecule has 0 bridgehead atoms. The van der Waals surface area contributed by atoms with Gasteiger partial charge in [0.2, 0.25) is 0 Å². The van der Waals surface area contributed by atoms with Crippen LogP contribution in [-0.4, -0.2) is 66.3 Å². The van der Waals surface area contributed by atoms with E-state index in [0.29, 0.717) is 23.3 Å². The number of carbonyl (C=O) groups excluding carboxylic acids is 2. The highest BCUT2D eigenvalue weighted by Crippen LogP contribution is 2.44. The fraction of sp³-hybridized carbons (Fsp3) is 0.576. The maximum absolute atomic E-state index is 12.8. The van der Waals surface area contributed by atoms with Crippen molar-refractivity contribution in [1.82, 2.24) is 0 Å². The van der Waals surface area contributed by atoms with Crippen LogP contribution in [0.4, 0.5) is 0 Å². The van der Waals surface area contributed by atoms with Gasteiger partial charge in [0.05, 0.1) is 6.10 Å². The quantitative estimate of drug-likeness (QED) is 0.0997. The second-order valence-corrected chi connectivity index (χ2v) is 11.4. The monoisotopic (exact) mass is 610 g/mol. The first kappa shape index (κ1) is 36.5. The number of aliphatic hydroxyl groups excluding tert-OH is 1. The van der Waals surface area contributed by atoms with Crippen LogP contribution in [0.1, 0.15) is 108 Å². The third-order valence-corrected chi connectivity index (χ3v) is 7.41. The summed E-state index contributed by atoms with van der Waals surface area (Å²) in [5.74, 6) is -2.04. The molecule has 0 unspecified atom stereocenters. The Morgan fingerprint density at radius 1 is 0.778 bits per heavy atom. The highest BCUT2D eigenvalue weighted by atomic mass is 16.6. The van der Waals surface area contributed by atoms with E-state index in [0.717, 1.165) is 57.8 Å². The molecule has 0 aliphatic carbocycles. The minimum Gasteiger partial charge on any atom is -0.506 e. The zero-order chi connectivity index (χ0) is 32.8. The standard InChI is InChI=1S/C33H42B4O8/c1-3-5-7-9-11-13-29(39)41-22-18-26(42-30(40)14-12-10-8-6-4-2)23-20-24(38)31(43-27(23)19-22)21-15-16-25(44-32(34)35)28(17-21)45-33(36)37/h15-19,24,31-33,38H,3-14,20H2,1-2H3/t24-,31-/m0/s1. The molecular weight excluding hydrogens is 568 g/mol. The summed E-state index contributed by atoms with van der Waals surface area (Å²) in [7, 11) is 22.4. The Balaban J connectivity index is 1.86. The Labute approximate surface area is 272 Å². The van der Waals surface area contributed by atoms with Crippen LogP contribution in [0.2, 0.25) is 0 Å². The molecule has 1 heterocycles. The van der Waals surface area contributed by atoms with Crippen molar-refractivity contribution in [3.8, 4) is 28.7 Å². The van der Waals surface area contributed by atoms with Crippen molar-refractivity contribution in [2.45, 2.75) is 121 Å². The molecule has 0 saturated heterocycles. The fourth-order valence-electron chi connectivity index (χ4n) is 5.16. The van der Waals surface area contributed by atoms with Crippen molar-refractivity contribution in [2.75, 3.05) is 0 Å². The first-order valence-electron chi connectivity index (χ1n) is 16.0. The van der Waals surface area contributed by atoms with Crippen molar-refractivity contribution in [3.05, 3.63) is 41.5 Å². The van der Waals surface area contributed by atoms with Crippen LogP contribution in [0.15, 0.2) is 30.3 Å². The summed E-state index contributed by atoms with van der Waals surface area (Å²) in [4.78, 5) is 25.5. The van der Waals surface area contributed by atoms with Gasteiger partial charge in [-0.1, -0.05) is 71.3 Å². The van der Waals surface area contributed by atoms with Gasteiger partial charge in [-0.2, -0.15) is 0 Å². The van der Waals surface area contributed by atoms with Gasteiger partial charge in [-0.25, -0.2) is 0 Å². The number of hydrogen-bond donors (Lipinski definition) is 1. The third-order valence-electron chi connectivity index (χ3n) is 7.41. The zero-order valence-electron chi connectivity index (χ0n) is 26.5. The Morgan fingerprint density at radius 3 is 1.96 bits per heavy atom.